The summed E-state index contributed by atoms with van der Waals surface area (Å²) in [5, 5.41) is 29.6. The van der Waals surface area contributed by atoms with Gasteiger partial charge in [-0.25, -0.2) is 9.97 Å². The molecular weight excluding hydrogens is 284 g/mol. The highest BCUT2D eigenvalue weighted by atomic mass is 32.1. The summed E-state index contributed by atoms with van der Waals surface area (Å²) in [7, 11) is 0. The summed E-state index contributed by atoms with van der Waals surface area (Å²) in [4.78, 5) is 10.9. The van der Waals surface area contributed by atoms with E-state index in [9.17, 15) is 15.3 Å². The van der Waals surface area contributed by atoms with Crippen LogP contribution in [0.25, 0.3) is 11.2 Å². The summed E-state index contributed by atoms with van der Waals surface area (Å²) >= 11 is 5.06. The van der Waals surface area contributed by atoms with E-state index in [1.165, 1.54) is 17.2 Å². The van der Waals surface area contributed by atoms with E-state index in [2.05, 4.69) is 15.0 Å². The van der Waals surface area contributed by atoms with Crippen molar-refractivity contribution in [3.63, 3.8) is 0 Å². The molecule has 3 heterocycles. The van der Waals surface area contributed by atoms with Crippen molar-refractivity contribution >= 4 is 23.4 Å². The molecule has 0 amide bonds. The van der Waals surface area contributed by atoms with Gasteiger partial charge < -0.3 is 25.0 Å². The monoisotopic (exact) mass is 298 g/mol. The summed E-state index contributed by atoms with van der Waals surface area (Å²) in [6.07, 6.45) is -2.35. The zero-order chi connectivity index (χ0) is 14.4. The van der Waals surface area contributed by atoms with Crippen molar-refractivity contribution in [1.82, 2.24) is 19.5 Å². The summed E-state index contributed by atoms with van der Waals surface area (Å²) < 4.78 is 7.42. The van der Waals surface area contributed by atoms with E-state index in [1.807, 2.05) is 0 Å². The van der Waals surface area contributed by atoms with Gasteiger partial charge in [0, 0.05) is 0 Å². The second-order valence-corrected chi connectivity index (χ2v) is 5.15. The molecule has 9 heteroatoms. The standard InChI is InChI=1S/C11H14N4O4S/c1-4-6(16)7(17)8(18)11(19-4)15-3-14-5-9(15)12-2-13-10(5)20/h2-4,6-8,11,16-18H,1H3,(H,12,13,20)/t4-,6+,7+,8-,11-/m0/s1. The van der Waals surface area contributed by atoms with Gasteiger partial charge in [-0.15, -0.1) is 0 Å². The number of nitrogens with one attached hydrogen (secondary N) is 1. The molecule has 1 saturated heterocycles. The molecule has 8 nitrogen and oxygen atoms in total. The van der Waals surface area contributed by atoms with E-state index in [0.717, 1.165) is 0 Å². The normalized spacial score (nSPS) is 34.5. The maximum absolute atomic E-state index is 10.1. The highest BCUT2D eigenvalue weighted by Crippen LogP contribution is 2.29. The van der Waals surface area contributed by atoms with Crippen molar-refractivity contribution in [2.45, 2.75) is 37.6 Å². The first-order valence-corrected chi connectivity index (χ1v) is 6.51. The predicted octanol–water partition coefficient (Wildman–Crippen LogP) is -0.511. The Morgan fingerprint density at radius 1 is 1.25 bits per heavy atom. The van der Waals surface area contributed by atoms with Crippen LogP contribution in [-0.4, -0.2) is 59.3 Å². The number of H-pyrrole nitrogens is 1. The maximum atomic E-state index is 10.1. The molecule has 3 rings (SSSR count). The van der Waals surface area contributed by atoms with E-state index >= 15 is 0 Å². The lowest BCUT2D eigenvalue weighted by Crippen LogP contribution is -2.54. The molecule has 0 bridgehead atoms. The Kier molecular flexibility index (Phi) is 3.30. The Hall–Kier alpha value is -1.39. The second kappa shape index (κ2) is 4.86. The van der Waals surface area contributed by atoms with E-state index in [4.69, 9.17) is 17.0 Å². The number of hydrogen-bond donors (Lipinski definition) is 4. The fourth-order valence-electron chi connectivity index (χ4n) is 2.33. The van der Waals surface area contributed by atoms with Crippen LogP contribution in [0, 0.1) is 4.64 Å². The number of hydrogen-bond acceptors (Lipinski definition) is 7. The molecule has 0 aromatic carbocycles. The van der Waals surface area contributed by atoms with Crippen molar-refractivity contribution in [2.75, 3.05) is 0 Å². The van der Waals surface area contributed by atoms with E-state index in [-0.39, 0.29) is 0 Å². The fourth-order valence-corrected chi connectivity index (χ4v) is 2.53. The number of rotatable bonds is 1. The van der Waals surface area contributed by atoms with Crippen LogP contribution in [0.1, 0.15) is 13.2 Å². The topological polar surface area (TPSA) is 116 Å². The predicted molar refractivity (Wildman–Crippen MR) is 70.3 cm³/mol. The molecule has 108 valence electrons. The number of aromatic amines is 1. The van der Waals surface area contributed by atoms with Crippen molar-refractivity contribution < 1.29 is 20.1 Å². The molecule has 1 fully saturated rings. The van der Waals surface area contributed by atoms with Gasteiger partial charge in [0.2, 0.25) is 0 Å². The Balaban J connectivity index is 2.07. The molecule has 0 radical (unpaired) electrons. The van der Waals surface area contributed by atoms with E-state index < -0.39 is 30.6 Å². The molecule has 2 aromatic heterocycles. The molecular formula is C11H14N4O4S. The van der Waals surface area contributed by atoms with Gasteiger partial charge in [0.1, 0.15) is 29.5 Å². The van der Waals surface area contributed by atoms with Crippen LogP contribution in [0.15, 0.2) is 12.7 Å². The number of fused-ring (bicyclic) bond motifs is 1. The van der Waals surface area contributed by atoms with E-state index in [0.29, 0.717) is 15.8 Å². The van der Waals surface area contributed by atoms with Gasteiger partial charge in [0.25, 0.3) is 0 Å². The molecule has 4 N–H and O–H groups in total. The average Bonchev–Trinajstić information content (AvgIpc) is 2.86. The third-order valence-electron chi connectivity index (χ3n) is 3.48. The van der Waals surface area contributed by atoms with Crippen LogP contribution in [0.3, 0.4) is 0 Å². The summed E-state index contributed by atoms with van der Waals surface area (Å²) in [6, 6.07) is 0. The van der Waals surface area contributed by atoms with Crippen LogP contribution in [0.5, 0.6) is 0 Å². The highest BCUT2D eigenvalue weighted by molar-refractivity contribution is 7.71. The van der Waals surface area contributed by atoms with Crippen LogP contribution in [0.2, 0.25) is 0 Å². The van der Waals surface area contributed by atoms with Gasteiger partial charge >= 0.3 is 0 Å². The number of imidazole rings is 1. The molecule has 0 spiro atoms. The first-order chi connectivity index (χ1) is 9.50. The molecule has 0 saturated carbocycles. The first kappa shape index (κ1) is 13.6. The molecule has 5 atom stereocenters. The minimum Gasteiger partial charge on any atom is -0.388 e. The highest BCUT2D eigenvalue weighted by Gasteiger charge is 2.43. The Bertz CT molecular complexity index is 686. The fraction of sp³-hybridized carbons (Fsp3) is 0.545. The molecule has 0 unspecified atom stereocenters. The number of aromatic nitrogens is 4. The summed E-state index contributed by atoms with van der Waals surface area (Å²) in [6.45, 7) is 1.62. The van der Waals surface area contributed by atoms with Gasteiger partial charge in [0.05, 0.1) is 18.8 Å². The third-order valence-corrected chi connectivity index (χ3v) is 3.78. The smallest absolute Gasteiger partial charge is 0.165 e. The lowest BCUT2D eigenvalue weighted by molar-refractivity contribution is -0.239. The number of nitrogens with zero attached hydrogens (tertiary/aromatic N) is 3. The van der Waals surface area contributed by atoms with Crippen LogP contribution >= 0.6 is 12.2 Å². The Morgan fingerprint density at radius 3 is 2.75 bits per heavy atom. The van der Waals surface area contributed by atoms with Crippen molar-refractivity contribution in [3.05, 3.63) is 17.3 Å². The van der Waals surface area contributed by atoms with Gasteiger partial charge in [-0.1, -0.05) is 12.2 Å². The second-order valence-electron chi connectivity index (χ2n) is 4.76. The number of aliphatic hydroxyl groups excluding tert-OH is 3. The molecule has 2 aromatic rings. The van der Waals surface area contributed by atoms with Crippen molar-refractivity contribution in [2.24, 2.45) is 0 Å². The van der Waals surface area contributed by atoms with Crippen LogP contribution < -0.4 is 0 Å². The van der Waals surface area contributed by atoms with Crippen molar-refractivity contribution in [3.8, 4) is 0 Å². The molecule has 1 aliphatic heterocycles. The minimum atomic E-state index is -1.30. The van der Waals surface area contributed by atoms with Gasteiger partial charge in [0.15, 0.2) is 10.9 Å². The lowest BCUT2D eigenvalue weighted by Gasteiger charge is -2.39. The van der Waals surface area contributed by atoms with Crippen molar-refractivity contribution in [1.29, 1.82) is 0 Å². The zero-order valence-corrected chi connectivity index (χ0v) is 11.4. The lowest BCUT2D eigenvalue weighted by atomic mass is 9.99. The molecule has 1 aliphatic rings. The van der Waals surface area contributed by atoms with Gasteiger partial charge in [-0.05, 0) is 6.92 Å². The quantitative estimate of drug-likeness (QED) is 0.524. The van der Waals surface area contributed by atoms with Crippen LogP contribution in [-0.2, 0) is 4.74 Å². The summed E-state index contributed by atoms with van der Waals surface area (Å²) in [5.41, 5.74) is 1.01. The maximum Gasteiger partial charge on any atom is 0.165 e. The largest absolute Gasteiger partial charge is 0.388 e. The number of aliphatic hydroxyl groups is 3. The average molecular weight is 298 g/mol. The molecule has 0 aliphatic carbocycles. The van der Waals surface area contributed by atoms with Gasteiger partial charge in [-0.2, -0.15) is 0 Å². The minimum absolute atomic E-state index is 0.330. The number of ether oxygens (including phenoxy) is 1. The van der Waals surface area contributed by atoms with Crippen LogP contribution in [0.4, 0.5) is 0 Å². The third kappa shape index (κ3) is 1.95. The van der Waals surface area contributed by atoms with E-state index in [1.54, 1.807) is 6.92 Å². The Morgan fingerprint density at radius 2 is 2.00 bits per heavy atom. The summed E-state index contributed by atoms with van der Waals surface area (Å²) in [5.74, 6) is 0. The first-order valence-electron chi connectivity index (χ1n) is 6.10. The molecule has 20 heavy (non-hydrogen) atoms. The van der Waals surface area contributed by atoms with Gasteiger partial charge in [-0.3, -0.25) is 4.57 Å². The zero-order valence-electron chi connectivity index (χ0n) is 10.5. The Labute approximate surface area is 118 Å². The SMILES string of the molecule is C[C@@H]1O[C@H](n2cnc3c(=S)nc[nH]c32)[C@@H](O)[C@H](O)[C@@H]1O.